The molecule has 3 fully saturated rings. The lowest BCUT2D eigenvalue weighted by molar-refractivity contribution is 0.105. The Kier molecular flexibility index (Phi) is 2.08. The van der Waals surface area contributed by atoms with Gasteiger partial charge in [-0.15, -0.1) is 0 Å². The Labute approximate surface area is 97.7 Å². The molecule has 1 saturated carbocycles. The van der Waals surface area contributed by atoms with Crippen molar-refractivity contribution >= 4 is 0 Å². The van der Waals surface area contributed by atoms with Crippen LogP contribution in [0.1, 0.15) is 46.5 Å². The molecule has 0 spiro atoms. The normalized spacial score (nSPS) is 44.9. The predicted molar refractivity (Wildman–Crippen MR) is 63.8 cm³/mol. The van der Waals surface area contributed by atoms with Crippen LogP contribution < -0.4 is 0 Å². The molecule has 90 valence electrons. The van der Waals surface area contributed by atoms with E-state index in [4.69, 9.17) is 0 Å². The van der Waals surface area contributed by atoms with E-state index >= 15 is 0 Å². The molecule has 3 aliphatic rings. The summed E-state index contributed by atoms with van der Waals surface area (Å²) in [5.41, 5.74) is 1.68. The van der Waals surface area contributed by atoms with Crippen LogP contribution >= 0.6 is 0 Å². The van der Waals surface area contributed by atoms with Crippen LogP contribution in [0.3, 0.4) is 0 Å². The molecule has 0 aromatic heterocycles. The molecule has 0 aromatic rings. The first-order valence-corrected chi connectivity index (χ1v) is 6.48. The third kappa shape index (κ3) is 1.54. The summed E-state index contributed by atoms with van der Waals surface area (Å²) < 4.78 is 12.8. The van der Waals surface area contributed by atoms with Gasteiger partial charge in [-0.3, -0.25) is 4.90 Å². The highest BCUT2D eigenvalue weighted by Crippen LogP contribution is 2.60. The summed E-state index contributed by atoms with van der Waals surface area (Å²) in [6, 6.07) is 0.791. The lowest BCUT2D eigenvalue weighted by Gasteiger charge is -2.39. The van der Waals surface area contributed by atoms with Gasteiger partial charge >= 0.3 is 0 Å². The maximum Gasteiger partial charge on any atom is 0.0872 e. The monoisotopic (exact) mass is 223 g/mol. The van der Waals surface area contributed by atoms with Gasteiger partial charge in [-0.25, -0.2) is 4.39 Å². The van der Waals surface area contributed by atoms with Crippen molar-refractivity contribution in [1.82, 2.24) is 4.90 Å². The van der Waals surface area contributed by atoms with Gasteiger partial charge in [-0.1, -0.05) is 20.8 Å². The van der Waals surface area contributed by atoms with Crippen molar-refractivity contribution in [3.63, 3.8) is 0 Å². The highest BCUT2D eigenvalue weighted by molar-refractivity contribution is 5.26. The number of piperidine rings is 1. The van der Waals surface area contributed by atoms with Gasteiger partial charge in [-0.2, -0.15) is 0 Å². The quantitative estimate of drug-likeness (QED) is 0.657. The first-order chi connectivity index (χ1) is 7.43. The van der Waals surface area contributed by atoms with Crippen molar-refractivity contribution in [2.24, 2.45) is 11.3 Å². The average molecular weight is 223 g/mol. The molecule has 0 aromatic carbocycles. The van der Waals surface area contributed by atoms with Crippen molar-refractivity contribution < 1.29 is 4.39 Å². The molecule has 0 N–H and O–H groups in total. The van der Waals surface area contributed by atoms with Crippen molar-refractivity contribution in [3.05, 3.63) is 11.9 Å². The second-order valence-corrected chi connectivity index (χ2v) is 7.30. The molecule has 0 bridgehead atoms. The van der Waals surface area contributed by atoms with Gasteiger partial charge in [-0.05, 0) is 42.6 Å². The Morgan fingerprint density at radius 2 is 2.25 bits per heavy atom. The first-order valence-electron chi connectivity index (χ1n) is 6.48. The molecule has 3 unspecified atom stereocenters. The van der Waals surface area contributed by atoms with E-state index in [0.717, 1.165) is 36.8 Å². The van der Waals surface area contributed by atoms with E-state index in [1.54, 1.807) is 0 Å². The van der Waals surface area contributed by atoms with Gasteiger partial charge in [0.1, 0.15) is 0 Å². The lowest BCUT2D eigenvalue weighted by Crippen LogP contribution is -2.43. The van der Waals surface area contributed by atoms with Gasteiger partial charge in [0.05, 0.1) is 6.33 Å². The fraction of sp³-hybridized carbons (Fsp3) is 0.857. The molecule has 0 radical (unpaired) electrons. The second kappa shape index (κ2) is 3.10. The Balaban J connectivity index is 1.86. The second-order valence-electron chi connectivity index (χ2n) is 7.30. The molecule has 1 nitrogen and oxygen atoms in total. The molecule has 2 heteroatoms. The minimum atomic E-state index is 0.309. The van der Waals surface area contributed by atoms with Gasteiger partial charge in [0, 0.05) is 18.1 Å². The van der Waals surface area contributed by atoms with Gasteiger partial charge in [0.2, 0.25) is 0 Å². The van der Waals surface area contributed by atoms with Gasteiger partial charge < -0.3 is 0 Å². The van der Waals surface area contributed by atoms with E-state index in [1.807, 2.05) is 0 Å². The zero-order valence-corrected chi connectivity index (χ0v) is 10.6. The number of halogens is 1. The molecule has 3 atom stereocenters. The molecular weight excluding hydrogens is 201 g/mol. The van der Waals surface area contributed by atoms with E-state index < -0.39 is 0 Å². The molecule has 2 saturated heterocycles. The third-order valence-electron chi connectivity index (χ3n) is 4.48. The van der Waals surface area contributed by atoms with E-state index in [-0.39, 0.29) is 0 Å². The van der Waals surface area contributed by atoms with E-state index in [9.17, 15) is 4.39 Å². The largest absolute Gasteiger partial charge is 0.290 e. The molecule has 16 heavy (non-hydrogen) atoms. The number of fused-ring (bicyclic) bond motifs is 3. The summed E-state index contributed by atoms with van der Waals surface area (Å²) in [7, 11) is 0. The van der Waals surface area contributed by atoms with Crippen LogP contribution in [-0.4, -0.2) is 23.0 Å². The smallest absolute Gasteiger partial charge is 0.0872 e. The minimum Gasteiger partial charge on any atom is -0.290 e. The number of hydrogen-bond acceptors (Lipinski definition) is 1. The number of rotatable bonds is 1. The summed E-state index contributed by atoms with van der Waals surface area (Å²) in [5, 5.41) is 0. The van der Waals surface area contributed by atoms with Gasteiger partial charge in [0.25, 0.3) is 0 Å². The first kappa shape index (κ1) is 10.8. The SMILES string of the molecule is CC(C)(C)CC12C/C(=C/F)CN1C1CC1C2. The van der Waals surface area contributed by atoms with Crippen LogP contribution in [0.2, 0.25) is 0 Å². The fourth-order valence-corrected chi connectivity index (χ4v) is 4.24. The van der Waals surface area contributed by atoms with E-state index in [0.29, 0.717) is 11.0 Å². The topological polar surface area (TPSA) is 3.24 Å². The maximum absolute atomic E-state index is 12.8. The van der Waals surface area contributed by atoms with Crippen LogP contribution in [0.4, 0.5) is 4.39 Å². The Hall–Kier alpha value is -0.370. The Bertz CT molecular complexity index is 341. The lowest BCUT2D eigenvalue weighted by atomic mass is 9.76. The van der Waals surface area contributed by atoms with Crippen LogP contribution in [0.25, 0.3) is 0 Å². The molecule has 3 rings (SSSR count). The van der Waals surface area contributed by atoms with Gasteiger partial charge in [0.15, 0.2) is 0 Å². The highest BCUT2D eigenvalue weighted by atomic mass is 19.1. The van der Waals surface area contributed by atoms with E-state index in [2.05, 4.69) is 25.7 Å². The van der Waals surface area contributed by atoms with Crippen LogP contribution in [0.5, 0.6) is 0 Å². The van der Waals surface area contributed by atoms with Crippen molar-refractivity contribution in [2.75, 3.05) is 6.54 Å². The number of nitrogens with zero attached hydrogens (tertiary/aromatic N) is 1. The third-order valence-corrected chi connectivity index (χ3v) is 4.48. The standard InChI is InChI=1S/C14H22FN/c1-13(2,3)9-14-5-10(7-15)8-16(14)12-4-11(12)6-14/h7,11-12H,4-6,8-9H2,1-3H3/b10-7-. The molecule has 2 aliphatic heterocycles. The molecule has 1 aliphatic carbocycles. The summed E-state index contributed by atoms with van der Waals surface area (Å²) in [4.78, 5) is 2.62. The highest BCUT2D eigenvalue weighted by Gasteiger charge is 2.62. The Morgan fingerprint density at radius 3 is 2.88 bits per heavy atom. The molecule has 0 amide bonds. The minimum absolute atomic E-state index is 0.309. The maximum atomic E-state index is 12.8. The zero-order valence-electron chi connectivity index (χ0n) is 10.6. The Morgan fingerprint density at radius 1 is 1.50 bits per heavy atom. The summed E-state index contributed by atoms with van der Waals surface area (Å²) in [5.74, 6) is 0.934. The predicted octanol–water partition coefficient (Wildman–Crippen LogP) is 3.51. The zero-order chi connectivity index (χ0) is 11.6. The van der Waals surface area contributed by atoms with E-state index in [1.165, 1.54) is 19.3 Å². The molecule has 2 heterocycles. The van der Waals surface area contributed by atoms with Crippen LogP contribution in [-0.2, 0) is 0 Å². The average Bonchev–Trinajstić information content (AvgIpc) is 2.68. The van der Waals surface area contributed by atoms with Crippen molar-refractivity contribution in [1.29, 1.82) is 0 Å². The summed E-state index contributed by atoms with van der Waals surface area (Å²) in [6.07, 6.45) is 5.73. The van der Waals surface area contributed by atoms with Crippen molar-refractivity contribution in [2.45, 2.75) is 58.0 Å². The summed E-state index contributed by atoms with van der Waals surface area (Å²) in [6.45, 7) is 7.82. The fourth-order valence-electron chi connectivity index (χ4n) is 4.24. The van der Waals surface area contributed by atoms with Crippen LogP contribution in [0, 0.1) is 11.3 Å². The summed E-state index contributed by atoms with van der Waals surface area (Å²) >= 11 is 0. The van der Waals surface area contributed by atoms with Crippen LogP contribution in [0.15, 0.2) is 11.9 Å². The van der Waals surface area contributed by atoms with Crippen molar-refractivity contribution in [3.8, 4) is 0 Å². The molecular formula is C14H22FN. The number of hydrogen-bond donors (Lipinski definition) is 0.